The average Bonchev–Trinajstić information content (AvgIpc) is 3.16. The van der Waals surface area contributed by atoms with Crippen molar-refractivity contribution in [3.63, 3.8) is 0 Å². The van der Waals surface area contributed by atoms with Gasteiger partial charge in [-0.2, -0.15) is 0 Å². The third-order valence-corrected chi connectivity index (χ3v) is 6.16. The van der Waals surface area contributed by atoms with Crippen molar-refractivity contribution in [2.75, 3.05) is 5.32 Å². The number of aromatic nitrogens is 1. The first-order chi connectivity index (χ1) is 14.1. The Morgan fingerprint density at radius 3 is 2.62 bits per heavy atom. The molecule has 0 saturated carbocycles. The van der Waals surface area contributed by atoms with E-state index in [4.69, 9.17) is 0 Å². The normalized spacial score (nSPS) is 15.4. The van der Waals surface area contributed by atoms with Gasteiger partial charge < -0.3 is 5.32 Å². The number of benzene rings is 2. The maximum Gasteiger partial charge on any atom is 0.257 e. The summed E-state index contributed by atoms with van der Waals surface area (Å²) in [5.41, 5.74) is 3.68. The second-order valence-electron chi connectivity index (χ2n) is 7.30. The molecule has 0 saturated heterocycles. The molecule has 0 radical (unpaired) electrons. The molecule has 0 spiro atoms. The third kappa shape index (κ3) is 4.54. The van der Waals surface area contributed by atoms with Crippen molar-refractivity contribution in [3.05, 3.63) is 81.9 Å². The van der Waals surface area contributed by atoms with Crippen molar-refractivity contribution in [1.29, 1.82) is 0 Å². The highest BCUT2D eigenvalue weighted by Gasteiger charge is 2.30. The van der Waals surface area contributed by atoms with Gasteiger partial charge >= 0.3 is 0 Å². The highest BCUT2D eigenvalue weighted by molar-refractivity contribution is 7.16. The lowest BCUT2D eigenvalue weighted by Gasteiger charge is -2.20. The van der Waals surface area contributed by atoms with Gasteiger partial charge in [-0.1, -0.05) is 48.0 Å². The number of hydrogen-bond acceptors (Lipinski definition) is 4. The van der Waals surface area contributed by atoms with E-state index in [1.165, 1.54) is 16.9 Å². The lowest BCUT2D eigenvalue weighted by molar-refractivity contribution is -0.123. The molecule has 3 aromatic rings. The quantitative estimate of drug-likeness (QED) is 0.659. The molecule has 1 heterocycles. The summed E-state index contributed by atoms with van der Waals surface area (Å²) >= 11 is 1.47. The van der Waals surface area contributed by atoms with Gasteiger partial charge in [0.1, 0.15) is 0 Å². The van der Waals surface area contributed by atoms with Crippen LogP contribution in [0.15, 0.2) is 54.6 Å². The SMILES string of the molecule is Cc1ccc(CNC(=O)[C@@H]2CCCc3sc(NC(=O)c4ccccc4)nc32)cc1. The number of rotatable bonds is 5. The maximum atomic E-state index is 12.8. The van der Waals surface area contributed by atoms with Gasteiger partial charge in [-0.15, -0.1) is 11.3 Å². The predicted octanol–water partition coefficient (Wildman–Crippen LogP) is 4.44. The molecule has 148 valence electrons. The molecule has 1 atom stereocenters. The largest absolute Gasteiger partial charge is 0.351 e. The van der Waals surface area contributed by atoms with E-state index < -0.39 is 0 Å². The first-order valence-electron chi connectivity index (χ1n) is 9.79. The van der Waals surface area contributed by atoms with Gasteiger partial charge in [0.2, 0.25) is 5.91 Å². The Hall–Kier alpha value is -2.99. The molecule has 0 aliphatic heterocycles. The first kappa shape index (κ1) is 19.3. The van der Waals surface area contributed by atoms with Gasteiger partial charge in [-0.25, -0.2) is 4.98 Å². The van der Waals surface area contributed by atoms with Crippen molar-refractivity contribution < 1.29 is 9.59 Å². The van der Waals surface area contributed by atoms with E-state index in [0.717, 1.165) is 35.4 Å². The monoisotopic (exact) mass is 405 g/mol. The van der Waals surface area contributed by atoms with E-state index in [1.54, 1.807) is 12.1 Å². The molecule has 2 amide bonds. The van der Waals surface area contributed by atoms with Crippen LogP contribution in [0, 0.1) is 6.92 Å². The fourth-order valence-corrected chi connectivity index (χ4v) is 4.56. The smallest absolute Gasteiger partial charge is 0.257 e. The van der Waals surface area contributed by atoms with Crippen LogP contribution in [-0.4, -0.2) is 16.8 Å². The van der Waals surface area contributed by atoms with Gasteiger partial charge in [0.05, 0.1) is 11.6 Å². The Labute approximate surface area is 174 Å². The van der Waals surface area contributed by atoms with Gasteiger partial charge in [0.25, 0.3) is 5.91 Å². The molecule has 0 bridgehead atoms. The van der Waals surface area contributed by atoms with E-state index in [9.17, 15) is 9.59 Å². The number of anilines is 1. The molecule has 6 heteroatoms. The zero-order valence-electron chi connectivity index (χ0n) is 16.3. The summed E-state index contributed by atoms with van der Waals surface area (Å²) in [4.78, 5) is 30.9. The van der Waals surface area contributed by atoms with Crippen LogP contribution in [0.4, 0.5) is 5.13 Å². The zero-order valence-corrected chi connectivity index (χ0v) is 17.1. The summed E-state index contributed by atoms with van der Waals surface area (Å²) in [5.74, 6) is -0.447. The van der Waals surface area contributed by atoms with Crippen molar-refractivity contribution in [3.8, 4) is 0 Å². The standard InChI is InChI=1S/C23H23N3O2S/c1-15-10-12-16(13-11-15)14-24-22(28)18-8-5-9-19-20(18)25-23(29-19)26-21(27)17-6-3-2-4-7-17/h2-4,6-7,10-13,18H,5,8-9,14H2,1H3,(H,24,28)(H,25,26,27)/t18-/m1/s1. The van der Waals surface area contributed by atoms with E-state index in [-0.39, 0.29) is 17.7 Å². The van der Waals surface area contributed by atoms with E-state index in [0.29, 0.717) is 17.2 Å². The molecule has 1 aliphatic carbocycles. The molecule has 0 unspecified atom stereocenters. The number of carbonyl (C=O) groups excluding carboxylic acids is 2. The van der Waals surface area contributed by atoms with E-state index >= 15 is 0 Å². The van der Waals surface area contributed by atoms with Crippen LogP contribution < -0.4 is 10.6 Å². The van der Waals surface area contributed by atoms with Gasteiger partial charge in [-0.3, -0.25) is 14.9 Å². The Morgan fingerprint density at radius 2 is 1.86 bits per heavy atom. The topological polar surface area (TPSA) is 71.1 Å². The minimum atomic E-state index is -0.261. The summed E-state index contributed by atoms with van der Waals surface area (Å²) in [7, 11) is 0. The molecule has 5 nitrogen and oxygen atoms in total. The van der Waals surface area contributed by atoms with Gasteiger partial charge in [0.15, 0.2) is 5.13 Å². The third-order valence-electron chi connectivity index (χ3n) is 5.11. The summed E-state index contributed by atoms with van der Waals surface area (Å²) in [5, 5.41) is 6.48. The van der Waals surface area contributed by atoms with Crippen LogP contribution in [0.3, 0.4) is 0 Å². The van der Waals surface area contributed by atoms with Crippen molar-refractivity contribution in [2.24, 2.45) is 0 Å². The number of aryl methyl sites for hydroxylation is 2. The Bertz CT molecular complexity index is 1010. The highest BCUT2D eigenvalue weighted by atomic mass is 32.1. The first-order valence-corrected chi connectivity index (χ1v) is 10.6. The van der Waals surface area contributed by atoms with Crippen molar-refractivity contribution in [2.45, 2.75) is 38.6 Å². The number of hydrogen-bond donors (Lipinski definition) is 2. The molecule has 0 fully saturated rings. The molecule has 1 aromatic heterocycles. The number of nitrogens with one attached hydrogen (secondary N) is 2. The molecule has 29 heavy (non-hydrogen) atoms. The highest BCUT2D eigenvalue weighted by Crippen LogP contribution is 2.37. The predicted molar refractivity (Wildman–Crippen MR) is 115 cm³/mol. The van der Waals surface area contributed by atoms with Gasteiger partial charge in [-0.05, 0) is 43.9 Å². The lowest BCUT2D eigenvalue weighted by Crippen LogP contribution is -2.31. The van der Waals surface area contributed by atoms with Crippen molar-refractivity contribution in [1.82, 2.24) is 10.3 Å². The summed E-state index contributed by atoms with van der Waals surface area (Å²) in [6, 6.07) is 17.2. The van der Waals surface area contributed by atoms with Crippen LogP contribution in [0.25, 0.3) is 0 Å². The minimum absolute atomic E-state index is 0.00207. The summed E-state index contributed by atoms with van der Waals surface area (Å²) < 4.78 is 0. The van der Waals surface area contributed by atoms with Crippen LogP contribution in [-0.2, 0) is 17.8 Å². The number of thiazole rings is 1. The minimum Gasteiger partial charge on any atom is -0.351 e. The molecule has 2 N–H and O–H groups in total. The Kier molecular flexibility index (Phi) is 5.71. The molecular weight excluding hydrogens is 382 g/mol. The number of nitrogens with zero attached hydrogens (tertiary/aromatic N) is 1. The van der Waals surface area contributed by atoms with Crippen LogP contribution in [0.2, 0.25) is 0 Å². The van der Waals surface area contributed by atoms with Crippen LogP contribution >= 0.6 is 11.3 Å². The molecular formula is C23H23N3O2S. The number of carbonyl (C=O) groups is 2. The van der Waals surface area contributed by atoms with Crippen LogP contribution in [0.1, 0.15) is 50.8 Å². The van der Waals surface area contributed by atoms with Crippen LogP contribution in [0.5, 0.6) is 0 Å². The maximum absolute atomic E-state index is 12.8. The fourth-order valence-electron chi connectivity index (χ4n) is 3.50. The summed E-state index contributed by atoms with van der Waals surface area (Å²) in [6.07, 6.45) is 2.63. The Balaban J connectivity index is 1.44. The zero-order chi connectivity index (χ0) is 20.2. The molecule has 2 aromatic carbocycles. The number of fused-ring (bicyclic) bond motifs is 1. The average molecular weight is 406 g/mol. The molecule has 1 aliphatic rings. The fraction of sp³-hybridized carbons (Fsp3) is 0.261. The Morgan fingerprint density at radius 1 is 1.10 bits per heavy atom. The second-order valence-corrected chi connectivity index (χ2v) is 8.38. The van der Waals surface area contributed by atoms with E-state index in [2.05, 4.69) is 15.6 Å². The van der Waals surface area contributed by atoms with Gasteiger partial charge in [0, 0.05) is 17.0 Å². The summed E-state index contributed by atoms with van der Waals surface area (Å²) in [6.45, 7) is 2.55. The lowest BCUT2D eigenvalue weighted by atomic mass is 9.90. The van der Waals surface area contributed by atoms with Crippen molar-refractivity contribution >= 4 is 28.3 Å². The van der Waals surface area contributed by atoms with E-state index in [1.807, 2.05) is 49.4 Å². The number of amides is 2. The second kappa shape index (κ2) is 8.57. The molecule has 4 rings (SSSR count).